The Labute approximate surface area is 156 Å². The van der Waals surface area contributed by atoms with Crippen LogP contribution in [0.4, 0.5) is 4.79 Å². The third-order valence-electron chi connectivity index (χ3n) is 4.06. The van der Waals surface area contributed by atoms with Gasteiger partial charge in [0.25, 0.3) is 0 Å². The molecule has 0 aliphatic rings. The summed E-state index contributed by atoms with van der Waals surface area (Å²) < 4.78 is 0.896. The van der Waals surface area contributed by atoms with Crippen LogP contribution in [-0.2, 0) is 16.0 Å². The van der Waals surface area contributed by atoms with Gasteiger partial charge < -0.3 is 15.7 Å². The molecule has 2 amide bonds. The van der Waals surface area contributed by atoms with Crippen molar-refractivity contribution in [2.45, 2.75) is 46.1 Å². The van der Waals surface area contributed by atoms with Crippen molar-refractivity contribution in [1.82, 2.24) is 10.6 Å². The molecular formula is C18H25BrN2O4. The van der Waals surface area contributed by atoms with Gasteiger partial charge >= 0.3 is 6.09 Å². The molecule has 0 saturated heterocycles. The minimum Gasteiger partial charge on any atom is -0.465 e. The smallest absolute Gasteiger partial charge is 0.405 e. The molecule has 3 N–H and O–H groups in total. The summed E-state index contributed by atoms with van der Waals surface area (Å²) in [6.07, 6.45) is 0.156. The lowest BCUT2D eigenvalue weighted by Crippen LogP contribution is -2.48. The molecular weight excluding hydrogens is 388 g/mol. The quantitative estimate of drug-likeness (QED) is 0.580. The molecule has 1 rings (SSSR count). The molecule has 0 radical (unpaired) electrons. The van der Waals surface area contributed by atoms with Crippen LogP contribution in [0.5, 0.6) is 0 Å². The highest BCUT2D eigenvalue weighted by atomic mass is 79.9. The Hall–Kier alpha value is -1.89. The van der Waals surface area contributed by atoms with Gasteiger partial charge in [-0.25, -0.2) is 4.79 Å². The van der Waals surface area contributed by atoms with Gasteiger partial charge in [0.05, 0.1) is 6.54 Å². The van der Waals surface area contributed by atoms with E-state index in [0.29, 0.717) is 6.42 Å². The highest BCUT2D eigenvalue weighted by Gasteiger charge is 2.23. The van der Waals surface area contributed by atoms with Gasteiger partial charge in [-0.1, -0.05) is 55.3 Å². The molecule has 1 unspecified atom stereocenters. The number of nitrogens with one attached hydrogen (secondary N) is 2. The molecule has 1 aromatic carbocycles. The standard InChI is InChI=1S/C18H25BrN2O4/c1-4-18(2,3)10-14(22)11-20-16(23)15(21-17(24)25)9-12-5-7-13(19)8-6-12/h5-8,15,21H,4,9-11H2,1-3H3,(H,20,23)(H,24,25). The van der Waals surface area contributed by atoms with E-state index in [9.17, 15) is 14.4 Å². The topological polar surface area (TPSA) is 95.5 Å². The van der Waals surface area contributed by atoms with E-state index >= 15 is 0 Å². The zero-order valence-electron chi connectivity index (χ0n) is 14.8. The van der Waals surface area contributed by atoms with E-state index in [1.54, 1.807) is 0 Å². The lowest BCUT2D eigenvalue weighted by atomic mass is 9.85. The normalized spacial score (nSPS) is 12.3. The summed E-state index contributed by atoms with van der Waals surface area (Å²) in [6, 6.07) is 6.31. The molecule has 0 aromatic heterocycles. The van der Waals surface area contributed by atoms with E-state index < -0.39 is 18.0 Å². The van der Waals surface area contributed by atoms with Crippen LogP contribution in [0.1, 0.15) is 39.2 Å². The second-order valence-electron chi connectivity index (χ2n) is 6.78. The van der Waals surface area contributed by atoms with Crippen molar-refractivity contribution in [1.29, 1.82) is 0 Å². The maximum atomic E-state index is 12.3. The first-order valence-corrected chi connectivity index (χ1v) is 8.95. The first-order valence-electron chi connectivity index (χ1n) is 8.16. The van der Waals surface area contributed by atoms with E-state index in [2.05, 4.69) is 26.6 Å². The lowest BCUT2D eigenvalue weighted by molar-refractivity contribution is -0.127. The van der Waals surface area contributed by atoms with E-state index in [1.165, 1.54) is 0 Å². The largest absolute Gasteiger partial charge is 0.465 e. The molecule has 25 heavy (non-hydrogen) atoms. The summed E-state index contributed by atoms with van der Waals surface area (Å²) in [7, 11) is 0. The number of benzene rings is 1. The van der Waals surface area contributed by atoms with Crippen LogP contribution < -0.4 is 10.6 Å². The average molecular weight is 413 g/mol. The minimum atomic E-state index is -1.28. The Morgan fingerprint density at radius 2 is 1.80 bits per heavy atom. The van der Waals surface area contributed by atoms with Crippen LogP contribution in [-0.4, -0.2) is 35.5 Å². The third-order valence-corrected chi connectivity index (χ3v) is 4.59. The SMILES string of the molecule is CCC(C)(C)CC(=O)CNC(=O)C(Cc1ccc(Br)cc1)NC(=O)O. The number of Topliss-reactive ketones (excluding diaryl/α,β-unsaturated/α-hetero) is 1. The monoisotopic (exact) mass is 412 g/mol. The van der Waals surface area contributed by atoms with Crippen molar-refractivity contribution in [2.24, 2.45) is 5.41 Å². The van der Waals surface area contributed by atoms with Crippen molar-refractivity contribution < 1.29 is 19.5 Å². The number of rotatable bonds is 9. The zero-order valence-corrected chi connectivity index (χ0v) is 16.4. The summed E-state index contributed by atoms with van der Waals surface area (Å²) in [5, 5.41) is 13.7. The first-order chi connectivity index (χ1) is 11.6. The van der Waals surface area contributed by atoms with Crippen LogP contribution in [0.2, 0.25) is 0 Å². The molecule has 7 heteroatoms. The number of carbonyl (C=O) groups is 3. The summed E-state index contributed by atoms with van der Waals surface area (Å²) in [6.45, 7) is 5.90. The molecule has 138 valence electrons. The molecule has 0 aliphatic heterocycles. The first kappa shape index (κ1) is 21.2. The molecule has 1 aromatic rings. The fourth-order valence-electron chi connectivity index (χ4n) is 2.24. The van der Waals surface area contributed by atoms with Crippen molar-refractivity contribution in [3.8, 4) is 0 Å². The number of ketones is 1. The van der Waals surface area contributed by atoms with Crippen LogP contribution in [0.3, 0.4) is 0 Å². The Morgan fingerprint density at radius 1 is 1.20 bits per heavy atom. The van der Waals surface area contributed by atoms with E-state index in [-0.39, 0.29) is 24.2 Å². The number of amides is 2. The predicted octanol–water partition coefficient (Wildman–Crippen LogP) is 3.14. The Bertz CT molecular complexity index is 614. The molecule has 0 saturated carbocycles. The Morgan fingerprint density at radius 3 is 2.32 bits per heavy atom. The number of carbonyl (C=O) groups excluding carboxylic acids is 2. The van der Waals surface area contributed by atoms with Gasteiger partial charge in [0.1, 0.15) is 6.04 Å². The second kappa shape index (κ2) is 9.56. The third kappa shape index (κ3) is 8.16. The molecule has 0 spiro atoms. The summed E-state index contributed by atoms with van der Waals surface area (Å²) in [5.41, 5.74) is 0.702. The van der Waals surface area contributed by atoms with Gasteiger partial charge in [-0.05, 0) is 23.1 Å². The van der Waals surface area contributed by atoms with Crippen LogP contribution in [0.15, 0.2) is 28.7 Å². The zero-order chi connectivity index (χ0) is 19.0. The Kier molecular flexibility index (Phi) is 8.09. The van der Waals surface area contributed by atoms with Crippen LogP contribution >= 0.6 is 15.9 Å². The summed E-state index contributed by atoms with van der Waals surface area (Å²) in [4.78, 5) is 35.3. The number of carboxylic acid groups (broad SMARTS) is 1. The second-order valence-corrected chi connectivity index (χ2v) is 7.70. The summed E-state index contributed by atoms with van der Waals surface area (Å²) in [5.74, 6) is -0.578. The average Bonchev–Trinajstić information content (AvgIpc) is 2.53. The lowest BCUT2D eigenvalue weighted by Gasteiger charge is -2.22. The molecule has 0 heterocycles. The predicted molar refractivity (Wildman–Crippen MR) is 99.5 cm³/mol. The van der Waals surface area contributed by atoms with Gasteiger partial charge in [-0.15, -0.1) is 0 Å². The van der Waals surface area contributed by atoms with E-state index in [1.807, 2.05) is 45.0 Å². The number of hydrogen-bond donors (Lipinski definition) is 3. The van der Waals surface area contributed by atoms with Crippen molar-refractivity contribution in [3.63, 3.8) is 0 Å². The fourth-order valence-corrected chi connectivity index (χ4v) is 2.51. The fraction of sp³-hybridized carbons (Fsp3) is 0.500. The van der Waals surface area contributed by atoms with Gasteiger partial charge in [-0.2, -0.15) is 0 Å². The molecule has 0 aliphatic carbocycles. The Balaban J connectivity index is 2.65. The highest BCUT2D eigenvalue weighted by molar-refractivity contribution is 9.10. The number of hydrogen-bond acceptors (Lipinski definition) is 3. The van der Waals surface area contributed by atoms with Gasteiger partial charge in [-0.3, -0.25) is 9.59 Å². The van der Waals surface area contributed by atoms with Crippen molar-refractivity contribution in [3.05, 3.63) is 34.3 Å². The molecule has 0 fully saturated rings. The van der Waals surface area contributed by atoms with Crippen molar-refractivity contribution in [2.75, 3.05) is 6.54 Å². The van der Waals surface area contributed by atoms with Crippen LogP contribution in [0.25, 0.3) is 0 Å². The van der Waals surface area contributed by atoms with Gasteiger partial charge in [0, 0.05) is 17.3 Å². The summed E-state index contributed by atoms with van der Waals surface area (Å²) >= 11 is 3.32. The molecule has 6 nitrogen and oxygen atoms in total. The van der Waals surface area contributed by atoms with Crippen molar-refractivity contribution >= 4 is 33.7 Å². The van der Waals surface area contributed by atoms with Crippen LogP contribution in [0, 0.1) is 5.41 Å². The highest BCUT2D eigenvalue weighted by Crippen LogP contribution is 2.24. The van der Waals surface area contributed by atoms with E-state index in [0.717, 1.165) is 16.5 Å². The van der Waals surface area contributed by atoms with Gasteiger partial charge in [0.15, 0.2) is 5.78 Å². The maximum absolute atomic E-state index is 12.3. The van der Waals surface area contributed by atoms with E-state index in [4.69, 9.17) is 5.11 Å². The molecule has 0 bridgehead atoms. The minimum absolute atomic E-state index is 0.0714. The van der Waals surface area contributed by atoms with Gasteiger partial charge in [0.2, 0.25) is 5.91 Å². The maximum Gasteiger partial charge on any atom is 0.405 e. The number of halogens is 1. The molecule has 1 atom stereocenters.